The van der Waals surface area contributed by atoms with Crippen LogP contribution in [0.2, 0.25) is 0 Å². The molecule has 0 fully saturated rings. The van der Waals surface area contributed by atoms with E-state index in [1.165, 1.54) is 6.07 Å². The van der Waals surface area contributed by atoms with Crippen molar-refractivity contribution in [3.63, 3.8) is 0 Å². The van der Waals surface area contributed by atoms with E-state index in [0.717, 1.165) is 0 Å². The highest BCUT2D eigenvalue weighted by atomic mass is 19.3. The Kier molecular flexibility index (Phi) is 6.39. The summed E-state index contributed by atoms with van der Waals surface area (Å²) in [4.78, 5) is 0. The highest BCUT2D eigenvalue weighted by Gasteiger charge is 2.12. The van der Waals surface area contributed by atoms with Crippen molar-refractivity contribution >= 4 is 11.8 Å². The van der Waals surface area contributed by atoms with E-state index in [9.17, 15) is 13.2 Å². The predicted molar refractivity (Wildman–Crippen MR) is 66.5 cm³/mol. The van der Waals surface area contributed by atoms with Crippen molar-refractivity contribution < 1.29 is 13.2 Å². The first kappa shape index (κ1) is 15.6. The SMILES string of the molecule is CC.CCc1c(F)c(N)cc(C)c1C=C(F)F. The molecule has 0 aromatic heterocycles. The van der Waals surface area contributed by atoms with Crippen molar-refractivity contribution in [2.24, 2.45) is 0 Å². The molecular formula is C13H18F3N. The van der Waals surface area contributed by atoms with Crippen LogP contribution in [0, 0.1) is 12.7 Å². The summed E-state index contributed by atoms with van der Waals surface area (Å²) in [5, 5.41) is 0. The van der Waals surface area contributed by atoms with E-state index in [4.69, 9.17) is 5.73 Å². The molecule has 0 aliphatic carbocycles. The number of anilines is 1. The van der Waals surface area contributed by atoms with Crippen molar-refractivity contribution in [2.45, 2.75) is 34.1 Å². The average Bonchev–Trinajstić information content (AvgIpc) is 2.28. The molecule has 0 aliphatic heterocycles. The summed E-state index contributed by atoms with van der Waals surface area (Å²) in [5.41, 5.74) is 6.43. The molecule has 0 heterocycles. The van der Waals surface area contributed by atoms with E-state index >= 15 is 0 Å². The fourth-order valence-corrected chi connectivity index (χ4v) is 1.56. The zero-order valence-electron chi connectivity index (χ0n) is 10.6. The number of nitrogens with two attached hydrogens (primary N) is 1. The van der Waals surface area contributed by atoms with Gasteiger partial charge in [-0.1, -0.05) is 20.8 Å². The maximum atomic E-state index is 13.5. The highest BCUT2D eigenvalue weighted by Crippen LogP contribution is 2.26. The standard InChI is InChI=1S/C11H12F3N.C2H6/c1-3-7-8(5-10(12)13)6(2)4-9(15)11(7)14;1-2/h4-5H,3,15H2,1-2H3;1-2H3. The van der Waals surface area contributed by atoms with Gasteiger partial charge in [0, 0.05) is 6.08 Å². The predicted octanol–water partition coefficient (Wildman–Crippen LogP) is 4.54. The Balaban J connectivity index is 0.00000121. The van der Waals surface area contributed by atoms with Gasteiger partial charge < -0.3 is 5.73 Å². The lowest BCUT2D eigenvalue weighted by Gasteiger charge is -2.10. The molecule has 0 atom stereocenters. The van der Waals surface area contributed by atoms with E-state index in [0.29, 0.717) is 18.1 Å². The maximum Gasteiger partial charge on any atom is 0.270 e. The number of aryl methyl sites for hydroxylation is 1. The van der Waals surface area contributed by atoms with Crippen LogP contribution in [0.5, 0.6) is 0 Å². The molecule has 0 unspecified atom stereocenters. The van der Waals surface area contributed by atoms with Crippen LogP contribution < -0.4 is 5.73 Å². The topological polar surface area (TPSA) is 26.0 Å². The smallest absolute Gasteiger partial charge is 0.270 e. The lowest BCUT2D eigenvalue weighted by Crippen LogP contribution is -2.01. The van der Waals surface area contributed by atoms with E-state index in [-0.39, 0.29) is 16.8 Å². The van der Waals surface area contributed by atoms with Gasteiger partial charge in [0.05, 0.1) is 5.69 Å². The number of hydrogen-bond acceptors (Lipinski definition) is 1. The van der Waals surface area contributed by atoms with Crippen LogP contribution in [-0.2, 0) is 6.42 Å². The largest absolute Gasteiger partial charge is 0.396 e. The van der Waals surface area contributed by atoms with E-state index < -0.39 is 11.9 Å². The van der Waals surface area contributed by atoms with Gasteiger partial charge in [0.25, 0.3) is 6.08 Å². The van der Waals surface area contributed by atoms with Crippen LogP contribution in [0.3, 0.4) is 0 Å². The van der Waals surface area contributed by atoms with Crippen LogP contribution in [-0.4, -0.2) is 0 Å². The summed E-state index contributed by atoms with van der Waals surface area (Å²) in [6.45, 7) is 7.33. The molecule has 0 saturated heterocycles. The van der Waals surface area contributed by atoms with Crippen molar-refractivity contribution in [1.82, 2.24) is 0 Å². The molecule has 0 radical (unpaired) electrons. The molecule has 1 nitrogen and oxygen atoms in total. The van der Waals surface area contributed by atoms with Crippen LogP contribution in [0.4, 0.5) is 18.9 Å². The van der Waals surface area contributed by atoms with Gasteiger partial charge in [0.2, 0.25) is 0 Å². The number of halogens is 3. The summed E-state index contributed by atoms with van der Waals surface area (Å²) in [7, 11) is 0. The van der Waals surface area contributed by atoms with Crippen molar-refractivity contribution in [3.05, 3.63) is 34.7 Å². The lowest BCUT2D eigenvalue weighted by molar-refractivity contribution is 0.429. The van der Waals surface area contributed by atoms with E-state index in [1.807, 2.05) is 13.8 Å². The molecule has 0 amide bonds. The third-order valence-electron chi connectivity index (χ3n) is 2.25. The lowest BCUT2D eigenvalue weighted by atomic mass is 9.98. The molecule has 0 bridgehead atoms. The second kappa shape index (κ2) is 6.99. The van der Waals surface area contributed by atoms with Gasteiger partial charge in [-0.3, -0.25) is 0 Å². The van der Waals surface area contributed by atoms with Gasteiger partial charge in [0.1, 0.15) is 5.82 Å². The second-order valence-corrected chi connectivity index (χ2v) is 3.28. The molecular weight excluding hydrogens is 227 g/mol. The first-order valence-corrected chi connectivity index (χ1v) is 5.57. The quantitative estimate of drug-likeness (QED) is 0.760. The zero-order chi connectivity index (χ0) is 13.6. The Morgan fingerprint density at radius 2 is 1.88 bits per heavy atom. The Morgan fingerprint density at radius 3 is 2.29 bits per heavy atom. The van der Waals surface area contributed by atoms with Crippen molar-refractivity contribution in [1.29, 1.82) is 0 Å². The molecule has 96 valence electrons. The monoisotopic (exact) mass is 245 g/mol. The molecule has 0 aliphatic rings. The molecule has 4 heteroatoms. The van der Waals surface area contributed by atoms with Crippen molar-refractivity contribution in [2.75, 3.05) is 5.73 Å². The number of rotatable bonds is 2. The second-order valence-electron chi connectivity index (χ2n) is 3.28. The molecule has 1 aromatic rings. The Hall–Kier alpha value is -1.45. The van der Waals surface area contributed by atoms with Crippen LogP contribution in [0.15, 0.2) is 12.1 Å². The average molecular weight is 245 g/mol. The maximum absolute atomic E-state index is 13.5. The Morgan fingerprint density at radius 1 is 1.35 bits per heavy atom. The zero-order valence-corrected chi connectivity index (χ0v) is 10.6. The third kappa shape index (κ3) is 3.80. The summed E-state index contributed by atoms with van der Waals surface area (Å²) in [6.07, 6.45) is -0.829. The van der Waals surface area contributed by atoms with E-state index in [1.54, 1.807) is 13.8 Å². The Labute approximate surface area is 100 Å². The molecule has 2 N–H and O–H groups in total. The van der Waals surface area contributed by atoms with Gasteiger partial charge in [-0.15, -0.1) is 0 Å². The minimum atomic E-state index is -1.84. The minimum Gasteiger partial charge on any atom is -0.396 e. The first-order chi connectivity index (χ1) is 7.97. The Bertz CT molecular complexity index is 408. The van der Waals surface area contributed by atoms with Crippen LogP contribution in [0.25, 0.3) is 6.08 Å². The number of hydrogen-bond donors (Lipinski definition) is 1. The highest BCUT2D eigenvalue weighted by molar-refractivity contribution is 5.63. The fraction of sp³-hybridized carbons (Fsp3) is 0.385. The third-order valence-corrected chi connectivity index (χ3v) is 2.25. The van der Waals surface area contributed by atoms with Gasteiger partial charge >= 0.3 is 0 Å². The molecule has 1 rings (SSSR count). The molecule has 1 aromatic carbocycles. The number of nitrogen functional groups attached to an aromatic ring is 1. The van der Waals surface area contributed by atoms with E-state index in [2.05, 4.69) is 0 Å². The summed E-state index contributed by atoms with van der Waals surface area (Å²) in [6, 6.07) is 1.36. The van der Waals surface area contributed by atoms with Gasteiger partial charge in [-0.25, -0.2) is 4.39 Å². The first-order valence-electron chi connectivity index (χ1n) is 5.57. The van der Waals surface area contributed by atoms with Crippen molar-refractivity contribution in [3.8, 4) is 0 Å². The summed E-state index contributed by atoms with van der Waals surface area (Å²) >= 11 is 0. The van der Waals surface area contributed by atoms with Gasteiger partial charge in [-0.05, 0) is 36.1 Å². The summed E-state index contributed by atoms with van der Waals surface area (Å²) < 4.78 is 37.8. The molecule has 17 heavy (non-hydrogen) atoms. The number of benzene rings is 1. The normalized spacial score (nSPS) is 9.35. The van der Waals surface area contributed by atoms with Gasteiger partial charge in [0.15, 0.2) is 0 Å². The fourth-order valence-electron chi connectivity index (χ4n) is 1.56. The van der Waals surface area contributed by atoms with Gasteiger partial charge in [-0.2, -0.15) is 8.78 Å². The molecule has 0 saturated carbocycles. The van der Waals surface area contributed by atoms with Crippen LogP contribution in [0.1, 0.15) is 37.5 Å². The minimum absolute atomic E-state index is 0.000710. The molecule has 0 spiro atoms. The van der Waals surface area contributed by atoms with Crippen LogP contribution >= 0.6 is 0 Å². The summed E-state index contributed by atoms with van der Waals surface area (Å²) in [5.74, 6) is -0.601.